The summed E-state index contributed by atoms with van der Waals surface area (Å²) in [5, 5.41) is 9.34. The van der Waals surface area contributed by atoms with Crippen molar-refractivity contribution >= 4 is 10.0 Å². The molecule has 0 saturated carbocycles. The minimum Gasteiger partial charge on any atom is -0.493 e. The number of sulfonamides is 1. The van der Waals surface area contributed by atoms with Crippen molar-refractivity contribution in [1.82, 2.24) is 4.72 Å². The molecule has 2 aromatic rings. The molecule has 0 aromatic heterocycles. The van der Waals surface area contributed by atoms with Crippen molar-refractivity contribution in [2.24, 2.45) is 0 Å². The number of aliphatic hydroxyl groups is 1. The molecule has 0 fully saturated rings. The molecule has 136 valence electrons. The first-order valence-corrected chi connectivity index (χ1v) is 9.31. The topological polar surface area (TPSA) is 84.9 Å². The highest BCUT2D eigenvalue weighted by molar-refractivity contribution is 7.89. The second kappa shape index (κ2) is 8.33. The summed E-state index contributed by atoms with van der Waals surface area (Å²) < 4.78 is 38.4. The summed E-state index contributed by atoms with van der Waals surface area (Å²) in [6.45, 7) is 1.73. The predicted octanol–water partition coefficient (Wildman–Crippen LogP) is 2.41. The Hall–Kier alpha value is -2.09. The maximum atomic E-state index is 12.6. The lowest BCUT2D eigenvalue weighted by Gasteiger charge is -2.20. The number of rotatable bonds is 8. The number of nitrogens with one attached hydrogen (secondary N) is 1. The molecule has 0 aliphatic carbocycles. The summed E-state index contributed by atoms with van der Waals surface area (Å²) in [6, 6.07) is 11.2. The Bertz CT molecular complexity index is 803. The summed E-state index contributed by atoms with van der Waals surface area (Å²) in [5.74, 6) is 1.05. The Labute approximate surface area is 148 Å². The molecule has 6 nitrogen and oxygen atoms in total. The van der Waals surface area contributed by atoms with Crippen LogP contribution in [-0.2, 0) is 10.0 Å². The molecule has 0 bridgehead atoms. The van der Waals surface area contributed by atoms with Gasteiger partial charge in [0, 0.05) is 12.6 Å². The largest absolute Gasteiger partial charge is 0.493 e. The van der Waals surface area contributed by atoms with E-state index in [0.717, 1.165) is 5.56 Å². The Balaban J connectivity index is 2.33. The quantitative estimate of drug-likeness (QED) is 0.750. The molecule has 0 heterocycles. The first-order chi connectivity index (χ1) is 11.9. The van der Waals surface area contributed by atoms with E-state index in [1.54, 1.807) is 42.5 Å². The van der Waals surface area contributed by atoms with Gasteiger partial charge in [-0.05, 0) is 43.2 Å². The Kier molecular flexibility index (Phi) is 6.41. The van der Waals surface area contributed by atoms with Crippen LogP contribution in [0.3, 0.4) is 0 Å². The van der Waals surface area contributed by atoms with E-state index >= 15 is 0 Å². The molecule has 0 spiro atoms. The van der Waals surface area contributed by atoms with Crippen molar-refractivity contribution in [3.05, 3.63) is 53.6 Å². The van der Waals surface area contributed by atoms with Crippen LogP contribution in [-0.4, -0.2) is 34.4 Å². The first kappa shape index (κ1) is 19.2. The molecule has 2 aromatic carbocycles. The highest BCUT2D eigenvalue weighted by Gasteiger charge is 2.22. The molecule has 0 amide bonds. The SMILES string of the molecule is COc1ccc([C@H](CCO)NS(=O)(=O)c2ccc(C)cc2)cc1OC. The molecule has 0 aliphatic heterocycles. The number of benzene rings is 2. The molecule has 0 saturated heterocycles. The van der Waals surface area contributed by atoms with E-state index in [1.165, 1.54) is 14.2 Å². The number of hydrogen-bond donors (Lipinski definition) is 2. The van der Waals surface area contributed by atoms with Gasteiger partial charge < -0.3 is 14.6 Å². The lowest BCUT2D eigenvalue weighted by molar-refractivity contribution is 0.272. The molecule has 0 radical (unpaired) electrons. The number of hydrogen-bond acceptors (Lipinski definition) is 5. The summed E-state index contributed by atoms with van der Waals surface area (Å²) in [4.78, 5) is 0.182. The van der Waals surface area contributed by atoms with Gasteiger partial charge in [-0.1, -0.05) is 23.8 Å². The fraction of sp³-hybridized carbons (Fsp3) is 0.333. The zero-order chi connectivity index (χ0) is 18.4. The van der Waals surface area contributed by atoms with Crippen molar-refractivity contribution in [2.45, 2.75) is 24.3 Å². The van der Waals surface area contributed by atoms with E-state index in [9.17, 15) is 13.5 Å². The Morgan fingerprint density at radius 1 is 1.04 bits per heavy atom. The number of methoxy groups -OCH3 is 2. The second-order valence-corrected chi connectivity index (χ2v) is 7.33. The highest BCUT2D eigenvalue weighted by Crippen LogP contribution is 2.31. The summed E-state index contributed by atoms with van der Waals surface area (Å²) in [7, 11) is -0.671. The third kappa shape index (κ3) is 4.72. The third-order valence-corrected chi connectivity index (χ3v) is 5.34. The van der Waals surface area contributed by atoms with Gasteiger partial charge in [0.1, 0.15) is 0 Å². The second-order valence-electron chi connectivity index (χ2n) is 5.61. The van der Waals surface area contributed by atoms with Crippen LogP contribution < -0.4 is 14.2 Å². The van der Waals surface area contributed by atoms with Crippen molar-refractivity contribution in [3.8, 4) is 11.5 Å². The third-order valence-electron chi connectivity index (χ3n) is 3.86. The van der Waals surface area contributed by atoms with Crippen molar-refractivity contribution < 1.29 is 23.0 Å². The maximum absolute atomic E-state index is 12.6. The zero-order valence-electron chi connectivity index (χ0n) is 14.5. The molecule has 7 heteroatoms. The van der Waals surface area contributed by atoms with Crippen LogP contribution in [0, 0.1) is 6.92 Å². The van der Waals surface area contributed by atoms with Gasteiger partial charge in [0.25, 0.3) is 0 Å². The van der Waals surface area contributed by atoms with Crippen molar-refractivity contribution in [3.63, 3.8) is 0 Å². The van der Waals surface area contributed by atoms with Gasteiger partial charge >= 0.3 is 0 Å². The Morgan fingerprint density at radius 3 is 2.24 bits per heavy atom. The van der Waals surface area contributed by atoms with E-state index in [2.05, 4.69) is 4.72 Å². The number of aliphatic hydroxyl groups excluding tert-OH is 1. The first-order valence-electron chi connectivity index (χ1n) is 7.83. The average molecular weight is 365 g/mol. The molecule has 25 heavy (non-hydrogen) atoms. The van der Waals surface area contributed by atoms with Crippen molar-refractivity contribution in [1.29, 1.82) is 0 Å². The highest BCUT2D eigenvalue weighted by atomic mass is 32.2. The van der Waals surface area contributed by atoms with Gasteiger partial charge in [0.15, 0.2) is 11.5 Å². The number of aryl methyl sites for hydroxylation is 1. The van der Waals surface area contributed by atoms with Gasteiger partial charge in [-0.25, -0.2) is 13.1 Å². The molecular formula is C18H23NO5S. The van der Waals surface area contributed by atoms with Crippen LogP contribution in [0.15, 0.2) is 47.4 Å². The smallest absolute Gasteiger partial charge is 0.241 e. The maximum Gasteiger partial charge on any atom is 0.241 e. The van der Waals surface area contributed by atoms with Gasteiger partial charge in [0.05, 0.1) is 19.1 Å². The average Bonchev–Trinajstić information content (AvgIpc) is 2.61. The van der Waals surface area contributed by atoms with Crippen molar-refractivity contribution in [2.75, 3.05) is 20.8 Å². The normalized spacial score (nSPS) is 12.6. The molecule has 2 N–H and O–H groups in total. The van der Waals surface area contributed by atoms with Gasteiger partial charge in [-0.3, -0.25) is 0 Å². The molecule has 2 rings (SSSR count). The van der Waals surface area contributed by atoms with E-state index < -0.39 is 16.1 Å². The predicted molar refractivity (Wildman–Crippen MR) is 95.5 cm³/mol. The lowest BCUT2D eigenvalue weighted by Crippen LogP contribution is -2.29. The fourth-order valence-electron chi connectivity index (χ4n) is 2.47. The van der Waals surface area contributed by atoms with Gasteiger partial charge in [-0.15, -0.1) is 0 Å². The molecule has 0 aliphatic rings. The van der Waals surface area contributed by atoms with E-state index in [-0.39, 0.29) is 17.9 Å². The monoisotopic (exact) mass is 365 g/mol. The Morgan fingerprint density at radius 2 is 1.68 bits per heavy atom. The standard InChI is InChI=1S/C18H23NO5S/c1-13-4-7-15(8-5-13)25(21,22)19-16(10-11-20)14-6-9-17(23-2)18(12-14)24-3/h4-9,12,16,19-20H,10-11H2,1-3H3/t16-/m0/s1. The van der Waals surface area contributed by atoms with E-state index in [1.807, 2.05) is 6.92 Å². The van der Waals surface area contributed by atoms with Gasteiger partial charge in [0.2, 0.25) is 10.0 Å². The van der Waals surface area contributed by atoms with Gasteiger partial charge in [-0.2, -0.15) is 0 Å². The zero-order valence-corrected chi connectivity index (χ0v) is 15.3. The lowest BCUT2D eigenvalue weighted by atomic mass is 10.0. The van der Waals surface area contributed by atoms with Crippen LogP contribution in [0.4, 0.5) is 0 Å². The molecular weight excluding hydrogens is 342 g/mol. The molecule has 0 unspecified atom stereocenters. The van der Waals surface area contributed by atoms with Crippen LogP contribution in [0.5, 0.6) is 11.5 Å². The fourth-order valence-corrected chi connectivity index (χ4v) is 3.72. The summed E-state index contributed by atoms with van der Waals surface area (Å²) in [5.41, 5.74) is 1.66. The van der Waals surface area contributed by atoms with E-state index in [0.29, 0.717) is 17.1 Å². The van der Waals surface area contributed by atoms with Crippen LogP contribution >= 0.6 is 0 Å². The minimum absolute atomic E-state index is 0.157. The van der Waals surface area contributed by atoms with E-state index in [4.69, 9.17) is 9.47 Å². The summed E-state index contributed by atoms with van der Waals surface area (Å²) >= 11 is 0. The minimum atomic E-state index is -3.72. The van der Waals surface area contributed by atoms with Crippen LogP contribution in [0.25, 0.3) is 0 Å². The number of ether oxygens (including phenoxy) is 2. The van der Waals surface area contributed by atoms with Crippen LogP contribution in [0.1, 0.15) is 23.6 Å². The molecule has 1 atom stereocenters. The summed E-state index contributed by atoms with van der Waals surface area (Å²) in [6.07, 6.45) is 0.237. The van der Waals surface area contributed by atoms with Crippen LogP contribution in [0.2, 0.25) is 0 Å².